The fourth-order valence-electron chi connectivity index (χ4n) is 3.41. The molecular weight excluding hydrogens is 400 g/mol. The largest absolute Gasteiger partial charge is 0.497 e. The van der Waals surface area contributed by atoms with Gasteiger partial charge in [-0.3, -0.25) is 9.59 Å². The van der Waals surface area contributed by atoms with Gasteiger partial charge in [0, 0.05) is 11.7 Å². The number of nitrogens with one attached hydrogen (secondary N) is 1. The standard InChI is InChI=1S/C23H22N2O4S/c1-28-17-10-8-16(9-11-17)19-18(14-24)22(25-21(26)20(19)23(27)29-2)30-13-12-15-6-4-3-5-7-15/h3-11,19-20H,12-13H2,1-2H3,(H,25,26). The zero-order valence-corrected chi connectivity index (χ0v) is 17.6. The molecule has 0 radical (unpaired) electrons. The number of nitriles is 1. The van der Waals surface area contributed by atoms with Crippen LogP contribution in [0.3, 0.4) is 0 Å². The van der Waals surface area contributed by atoms with Crippen LogP contribution < -0.4 is 10.1 Å². The number of nitrogens with zero attached hydrogens (tertiary/aromatic N) is 1. The van der Waals surface area contributed by atoms with Crippen LogP contribution in [0.5, 0.6) is 5.75 Å². The molecule has 6 nitrogen and oxygen atoms in total. The number of carbonyl (C=O) groups is 2. The number of amides is 1. The SMILES string of the molecule is COC(=O)C1C(=O)NC(SCCc2ccccc2)=C(C#N)C1c1ccc(OC)cc1. The van der Waals surface area contributed by atoms with E-state index in [1.807, 2.05) is 30.3 Å². The highest BCUT2D eigenvalue weighted by Crippen LogP contribution is 2.40. The number of hydrogen-bond acceptors (Lipinski definition) is 6. The summed E-state index contributed by atoms with van der Waals surface area (Å²) >= 11 is 1.40. The Morgan fingerprint density at radius 2 is 1.83 bits per heavy atom. The zero-order chi connectivity index (χ0) is 21.5. The Labute approximate surface area is 179 Å². The monoisotopic (exact) mass is 422 g/mol. The second-order valence-corrected chi connectivity index (χ2v) is 7.78. The van der Waals surface area contributed by atoms with Crippen LogP contribution >= 0.6 is 11.8 Å². The number of rotatable bonds is 7. The topological polar surface area (TPSA) is 88.4 Å². The Balaban J connectivity index is 1.93. The van der Waals surface area contributed by atoms with Gasteiger partial charge in [0.05, 0.1) is 30.9 Å². The van der Waals surface area contributed by atoms with E-state index in [2.05, 4.69) is 11.4 Å². The molecule has 0 saturated carbocycles. The zero-order valence-electron chi connectivity index (χ0n) is 16.8. The fraction of sp³-hybridized carbons (Fsp3) is 0.261. The first-order valence-corrected chi connectivity index (χ1v) is 10.4. The van der Waals surface area contributed by atoms with Crippen LogP contribution in [-0.4, -0.2) is 31.8 Å². The highest BCUT2D eigenvalue weighted by Gasteiger charge is 2.44. The highest BCUT2D eigenvalue weighted by molar-refractivity contribution is 8.03. The smallest absolute Gasteiger partial charge is 0.319 e. The number of allylic oxidation sites excluding steroid dienone is 1. The number of methoxy groups -OCH3 is 2. The second kappa shape index (κ2) is 9.99. The van der Waals surface area contributed by atoms with Crippen molar-refractivity contribution in [2.24, 2.45) is 5.92 Å². The molecule has 0 spiro atoms. The van der Waals surface area contributed by atoms with Crippen molar-refractivity contribution < 1.29 is 19.1 Å². The number of carbonyl (C=O) groups excluding carboxylic acids is 2. The van der Waals surface area contributed by atoms with E-state index in [-0.39, 0.29) is 0 Å². The summed E-state index contributed by atoms with van der Waals surface area (Å²) in [4.78, 5) is 25.2. The van der Waals surface area contributed by atoms with Crippen LogP contribution in [0.4, 0.5) is 0 Å². The average Bonchev–Trinajstić information content (AvgIpc) is 2.79. The molecule has 1 aliphatic rings. The van der Waals surface area contributed by atoms with E-state index in [0.29, 0.717) is 27.7 Å². The lowest BCUT2D eigenvalue weighted by Crippen LogP contribution is -2.44. The van der Waals surface area contributed by atoms with Gasteiger partial charge >= 0.3 is 5.97 Å². The quantitative estimate of drug-likeness (QED) is 0.543. The number of thioether (sulfide) groups is 1. The average molecular weight is 423 g/mol. The third-order valence-electron chi connectivity index (χ3n) is 4.94. The van der Waals surface area contributed by atoms with Gasteiger partial charge in [0.15, 0.2) is 0 Å². The van der Waals surface area contributed by atoms with Crippen LogP contribution in [0, 0.1) is 17.2 Å². The Morgan fingerprint density at radius 1 is 1.13 bits per heavy atom. The number of esters is 1. The van der Waals surface area contributed by atoms with Gasteiger partial charge < -0.3 is 14.8 Å². The van der Waals surface area contributed by atoms with Crippen molar-refractivity contribution in [1.82, 2.24) is 5.32 Å². The summed E-state index contributed by atoms with van der Waals surface area (Å²) < 4.78 is 10.1. The fourth-order valence-corrected chi connectivity index (χ4v) is 4.45. The summed E-state index contributed by atoms with van der Waals surface area (Å²) in [5, 5.41) is 13.2. The molecule has 0 fully saturated rings. The Morgan fingerprint density at radius 3 is 2.43 bits per heavy atom. The Hall–Kier alpha value is -3.24. The lowest BCUT2D eigenvalue weighted by molar-refractivity contribution is -0.150. The first kappa shape index (κ1) is 21.5. The Kier molecular flexibility index (Phi) is 7.15. The maximum atomic E-state index is 12.8. The van der Waals surface area contributed by atoms with E-state index in [1.165, 1.54) is 24.4 Å². The molecule has 1 N–H and O–H groups in total. The first-order valence-electron chi connectivity index (χ1n) is 9.42. The minimum atomic E-state index is -1.13. The number of aryl methyl sites for hydroxylation is 1. The molecule has 2 aromatic carbocycles. The van der Waals surface area contributed by atoms with Crippen molar-refractivity contribution in [2.75, 3.05) is 20.0 Å². The van der Waals surface area contributed by atoms with E-state index in [4.69, 9.17) is 9.47 Å². The predicted molar refractivity (Wildman–Crippen MR) is 115 cm³/mol. The van der Waals surface area contributed by atoms with Crippen molar-refractivity contribution >= 4 is 23.6 Å². The van der Waals surface area contributed by atoms with E-state index >= 15 is 0 Å². The molecule has 3 rings (SSSR count). The van der Waals surface area contributed by atoms with Crippen molar-refractivity contribution in [3.05, 3.63) is 76.3 Å². The van der Waals surface area contributed by atoms with Crippen LogP contribution in [0.2, 0.25) is 0 Å². The van der Waals surface area contributed by atoms with Gasteiger partial charge in [0.1, 0.15) is 11.7 Å². The summed E-state index contributed by atoms with van der Waals surface area (Å²) in [5.74, 6) is -1.66. The predicted octanol–water partition coefficient (Wildman–Crippen LogP) is 3.41. The van der Waals surface area contributed by atoms with E-state index in [1.54, 1.807) is 31.4 Å². The molecular formula is C23H22N2O4S. The van der Waals surface area contributed by atoms with Crippen molar-refractivity contribution in [3.8, 4) is 11.8 Å². The molecule has 30 heavy (non-hydrogen) atoms. The van der Waals surface area contributed by atoms with Gasteiger partial charge in [-0.15, -0.1) is 11.8 Å². The molecule has 154 valence electrons. The molecule has 7 heteroatoms. The van der Waals surface area contributed by atoms with E-state index in [0.717, 1.165) is 6.42 Å². The third-order valence-corrected chi connectivity index (χ3v) is 5.96. The first-order chi connectivity index (χ1) is 14.6. The molecule has 1 heterocycles. The van der Waals surface area contributed by atoms with Gasteiger partial charge in [-0.1, -0.05) is 42.5 Å². The molecule has 0 saturated heterocycles. The molecule has 0 aliphatic carbocycles. The lowest BCUT2D eigenvalue weighted by atomic mass is 9.78. The molecule has 2 atom stereocenters. The maximum Gasteiger partial charge on any atom is 0.319 e. The summed E-state index contributed by atoms with van der Waals surface area (Å²) in [6.45, 7) is 0. The van der Waals surface area contributed by atoms with Crippen LogP contribution in [0.25, 0.3) is 0 Å². The lowest BCUT2D eigenvalue weighted by Gasteiger charge is -2.31. The van der Waals surface area contributed by atoms with Crippen LogP contribution in [-0.2, 0) is 20.7 Å². The van der Waals surface area contributed by atoms with Crippen molar-refractivity contribution in [1.29, 1.82) is 5.26 Å². The van der Waals surface area contributed by atoms with Gasteiger partial charge in [0.25, 0.3) is 0 Å². The molecule has 0 aromatic heterocycles. The molecule has 2 aromatic rings. The van der Waals surface area contributed by atoms with Gasteiger partial charge in [0.2, 0.25) is 5.91 Å². The van der Waals surface area contributed by atoms with Gasteiger partial charge in [-0.05, 0) is 29.7 Å². The molecule has 1 aliphatic heterocycles. The van der Waals surface area contributed by atoms with Crippen LogP contribution in [0.15, 0.2) is 65.2 Å². The van der Waals surface area contributed by atoms with Gasteiger partial charge in [-0.25, -0.2) is 0 Å². The number of ether oxygens (including phenoxy) is 2. The summed E-state index contributed by atoms with van der Waals surface area (Å²) in [7, 11) is 2.79. The minimum Gasteiger partial charge on any atom is -0.497 e. The van der Waals surface area contributed by atoms with E-state index in [9.17, 15) is 14.9 Å². The third kappa shape index (κ3) is 4.66. The Bertz CT molecular complexity index is 981. The van der Waals surface area contributed by atoms with Gasteiger partial charge in [-0.2, -0.15) is 5.26 Å². The molecule has 1 amide bonds. The minimum absolute atomic E-state index is 0.355. The van der Waals surface area contributed by atoms with Crippen LogP contribution in [0.1, 0.15) is 17.0 Å². The second-order valence-electron chi connectivity index (χ2n) is 6.68. The highest BCUT2D eigenvalue weighted by atomic mass is 32.2. The normalized spacial score (nSPS) is 18.4. The molecule has 0 bridgehead atoms. The molecule has 2 unspecified atom stereocenters. The summed E-state index contributed by atoms with van der Waals surface area (Å²) in [5.41, 5.74) is 2.21. The maximum absolute atomic E-state index is 12.8. The van der Waals surface area contributed by atoms with Crippen molar-refractivity contribution in [2.45, 2.75) is 12.3 Å². The summed E-state index contributed by atoms with van der Waals surface area (Å²) in [6.07, 6.45) is 0.789. The number of benzene rings is 2. The van der Waals surface area contributed by atoms with E-state index < -0.39 is 23.7 Å². The van der Waals surface area contributed by atoms with Crippen molar-refractivity contribution in [3.63, 3.8) is 0 Å². The summed E-state index contributed by atoms with van der Waals surface area (Å²) in [6, 6.07) is 19.2. The number of hydrogen-bond donors (Lipinski definition) is 1.